The standard InChI is InChI=1S/C13H14FN3O2/c14-12-4-11(5-13(6-12)17(18)19)9-16-3-1-2-10(7-15)8-16/h4-6,10H,1-3,8-9H2. The number of piperidine rings is 1. The van der Waals surface area contributed by atoms with E-state index < -0.39 is 10.7 Å². The zero-order chi connectivity index (χ0) is 13.8. The van der Waals surface area contributed by atoms with Crippen LogP contribution in [0.2, 0.25) is 0 Å². The number of likely N-dealkylation sites (tertiary alicyclic amines) is 1. The summed E-state index contributed by atoms with van der Waals surface area (Å²) in [6.45, 7) is 1.92. The molecule has 1 aliphatic heterocycles. The van der Waals surface area contributed by atoms with E-state index in [1.807, 2.05) is 4.90 Å². The molecule has 1 fully saturated rings. The first-order valence-electron chi connectivity index (χ1n) is 6.14. The van der Waals surface area contributed by atoms with Crippen molar-refractivity contribution in [2.24, 2.45) is 5.92 Å². The Balaban J connectivity index is 2.10. The highest BCUT2D eigenvalue weighted by Crippen LogP contribution is 2.21. The molecule has 19 heavy (non-hydrogen) atoms. The van der Waals surface area contributed by atoms with Crippen molar-refractivity contribution in [3.8, 4) is 6.07 Å². The molecule has 0 bridgehead atoms. The molecule has 1 atom stereocenters. The smallest absolute Gasteiger partial charge is 0.272 e. The number of benzene rings is 1. The van der Waals surface area contributed by atoms with Crippen molar-refractivity contribution in [1.82, 2.24) is 4.90 Å². The van der Waals surface area contributed by atoms with Crippen LogP contribution >= 0.6 is 0 Å². The van der Waals surface area contributed by atoms with Crippen molar-refractivity contribution < 1.29 is 9.31 Å². The third-order valence-corrected chi connectivity index (χ3v) is 3.25. The van der Waals surface area contributed by atoms with Crippen molar-refractivity contribution in [2.45, 2.75) is 19.4 Å². The number of rotatable bonds is 3. The average Bonchev–Trinajstić information content (AvgIpc) is 2.38. The van der Waals surface area contributed by atoms with Gasteiger partial charge in [0.05, 0.1) is 23.0 Å². The van der Waals surface area contributed by atoms with Crippen molar-refractivity contribution >= 4 is 5.69 Å². The van der Waals surface area contributed by atoms with E-state index in [9.17, 15) is 14.5 Å². The van der Waals surface area contributed by atoms with E-state index in [-0.39, 0.29) is 11.6 Å². The molecule has 1 heterocycles. The maximum atomic E-state index is 13.3. The number of nitro benzene ring substituents is 1. The predicted molar refractivity (Wildman–Crippen MR) is 66.7 cm³/mol. The molecule has 1 aromatic carbocycles. The highest BCUT2D eigenvalue weighted by molar-refractivity contribution is 5.35. The fourth-order valence-corrected chi connectivity index (χ4v) is 2.39. The van der Waals surface area contributed by atoms with Crippen LogP contribution in [0, 0.1) is 33.2 Å². The van der Waals surface area contributed by atoms with Gasteiger partial charge in [0.15, 0.2) is 0 Å². The summed E-state index contributed by atoms with van der Waals surface area (Å²) in [6.07, 6.45) is 1.81. The summed E-state index contributed by atoms with van der Waals surface area (Å²) in [7, 11) is 0. The van der Waals surface area contributed by atoms with Crippen LogP contribution in [-0.4, -0.2) is 22.9 Å². The van der Waals surface area contributed by atoms with Crippen LogP contribution in [0.1, 0.15) is 18.4 Å². The Labute approximate surface area is 110 Å². The molecular weight excluding hydrogens is 249 g/mol. The number of hydrogen-bond acceptors (Lipinski definition) is 4. The minimum Gasteiger partial charge on any atom is -0.298 e. The lowest BCUT2D eigenvalue weighted by Crippen LogP contribution is -2.34. The van der Waals surface area contributed by atoms with Crippen LogP contribution in [0.4, 0.5) is 10.1 Å². The second-order valence-corrected chi connectivity index (χ2v) is 4.78. The molecule has 0 aliphatic carbocycles. The molecule has 100 valence electrons. The second kappa shape index (κ2) is 5.76. The molecule has 5 nitrogen and oxygen atoms in total. The summed E-state index contributed by atoms with van der Waals surface area (Å²) in [5.74, 6) is -0.602. The van der Waals surface area contributed by atoms with Gasteiger partial charge < -0.3 is 0 Å². The van der Waals surface area contributed by atoms with Gasteiger partial charge in [-0.25, -0.2) is 4.39 Å². The Morgan fingerprint density at radius 3 is 3.00 bits per heavy atom. The van der Waals surface area contributed by atoms with E-state index in [0.29, 0.717) is 18.7 Å². The number of nitriles is 1. The van der Waals surface area contributed by atoms with Gasteiger partial charge in [-0.1, -0.05) is 0 Å². The highest BCUT2D eigenvalue weighted by Gasteiger charge is 2.20. The first kappa shape index (κ1) is 13.4. The van der Waals surface area contributed by atoms with E-state index >= 15 is 0 Å². The maximum absolute atomic E-state index is 13.3. The molecular formula is C13H14FN3O2. The molecule has 0 amide bonds. The van der Waals surface area contributed by atoms with Crippen molar-refractivity contribution in [3.63, 3.8) is 0 Å². The Bertz CT molecular complexity index is 527. The molecule has 6 heteroatoms. The van der Waals surface area contributed by atoms with Gasteiger partial charge in [-0.15, -0.1) is 0 Å². The number of non-ortho nitro benzene ring substituents is 1. The molecule has 0 saturated carbocycles. The lowest BCUT2D eigenvalue weighted by Gasteiger charge is -2.29. The van der Waals surface area contributed by atoms with E-state index in [0.717, 1.165) is 25.5 Å². The normalized spacial score (nSPS) is 19.9. The molecule has 1 saturated heterocycles. The van der Waals surface area contributed by atoms with E-state index in [1.54, 1.807) is 0 Å². The summed E-state index contributed by atoms with van der Waals surface area (Å²) < 4.78 is 13.3. The second-order valence-electron chi connectivity index (χ2n) is 4.78. The van der Waals surface area contributed by atoms with Gasteiger partial charge in [-0.2, -0.15) is 5.26 Å². The third kappa shape index (κ3) is 3.48. The SMILES string of the molecule is N#CC1CCCN(Cc2cc(F)cc([N+](=O)[O-])c2)C1. The van der Waals surface area contributed by atoms with Gasteiger partial charge in [-0.3, -0.25) is 15.0 Å². The zero-order valence-electron chi connectivity index (χ0n) is 10.4. The summed E-state index contributed by atoms with van der Waals surface area (Å²) in [5.41, 5.74) is 0.342. The lowest BCUT2D eigenvalue weighted by molar-refractivity contribution is -0.385. The minimum absolute atomic E-state index is 0.00250. The van der Waals surface area contributed by atoms with Crippen molar-refractivity contribution in [1.29, 1.82) is 5.26 Å². The molecule has 0 aromatic heterocycles. The Morgan fingerprint density at radius 1 is 1.53 bits per heavy atom. The van der Waals surface area contributed by atoms with Crippen molar-refractivity contribution in [2.75, 3.05) is 13.1 Å². The first-order valence-corrected chi connectivity index (χ1v) is 6.14. The van der Waals surface area contributed by atoms with Crippen LogP contribution in [0.15, 0.2) is 18.2 Å². The Kier molecular flexibility index (Phi) is 4.07. The molecule has 1 aromatic rings. The zero-order valence-corrected chi connectivity index (χ0v) is 10.4. The lowest BCUT2D eigenvalue weighted by atomic mass is 9.99. The monoisotopic (exact) mass is 263 g/mol. The van der Waals surface area contributed by atoms with Gasteiger partial charge in [-0.05, 0) is 31.0 Å². The fraction of sp³-hybridized carbons (Fsp3) is 0.462. The van der Waals surface area contributed by atoms with Crippen LogP contribution in [0.25, 0.3) is 0 Å². The molecule has 2 rings (SSSR count). The van der Waals surface area contributed by atoms with Crippen LogP contribution in [0.3, 0.4) is 0 Å². The number of halogens is 1. The maximum Gasteiger partial charge on any atom is 0.272 e. The summed E-state index contributed by atoms with van der Waals surface area (Å²) in [6, 6.07) is 5.85. The molecule has 1 aliphatic rings. The first-order chi connectivity index (χ1) is 9.08. The predicted octanol–water partition coefficient (Wildman–Crippen LogP) is 2.47. The fourth-order valence-electron chi connectivity index (χ4n) is 2.39. The Morgan fingerprint density at radius 2 is 2.32 bits per heavy atom. The average molecular weight is 263 g/mol. The molecule has 1 unspecified atom stereocenters. The highest BCUT2D eigenvalue weighted by atomic mass is 19.1. The number of nitro groups is 1. The topological polar surface area (TPSA) is 70.2 Å². The van der Waals surface area contributed by atoms with E-state index in [2.05, 4.69) is 6.07 Å². The van der Waals surface area contributed by atoms with Crippen LogP contribution in [-0.2, 0) is 6.54 Å². The van der Waals surface area contributed by atoms with Gasteiger partial charge in [0.25, 0.3) is 5.69 Å². The third-order valence-electron chi connectivity index (χ3n) is 3.25. The van der Waals surface area contributed by atoms with Crippen molar-refractivity contribution in [3.05, 3.63) is 39.7 Å². The number of nitrogens with zero attached hydrogens (tertiary/aromatic N) is 3. The summed E-state index contributed by atoms with van der Waals surface area (Å²) in [4.78, 5) is 12.1. The van der Waals surface area contributed by atoms with E-state index in [1.165, 1.54) is 12.1 Å². The van der Waals surface area contributed by atoms with Gasteiger partial charge in [0.2, 0.25) is 0 Å². The molecule has 0 spiro atoms. The Hall–Kier alpha value is -2.00. The molecule has 0 N–H and O–H groups in total. The van der Waals surface area contributed by atoms with Gasteiger partial charge in [0.1, 0.15) is 5.82 Å². The van der Waals surface area contributed by atoms with Crippen LogP contribution in [0.5, 0.6) is 0 Å². The van der Waals surface area contributed by atoms with E-state index in [4.69, 9.17) is 5.26 Å². The largest absolute Gasteiger partial charge is 0.298 e. The van der Waals surface area contributed by atoms with Gasteiger partial charge >= 0.3 is 0 Å². The molecule has 0 radical (unpaired) electrons. The number of hydrogen-bond donors (Lipinski definition) is 0. The van der Waals surface area contributed by atoms with Gasteiger partial charge in [0, 0.05) is 19.2 Å². The summed E-state index contributed by atoms with van der Waals surface area (Å²) >= 11 is 0. The summed E-state index contributed by atoms with van der Waals surface area (Å²) in [5, 5.41) is 19.6. The quantitative estimate of drug-likeness (QED) is 0.620. The minimum atomic E-state index is -0.599. The van der Waals surface area contributed by atoms with Crippen LogP contribution < -0.4 is 0 Å².